The van der Waals surface area contributed by atoms with Gasteiger partial charge in [0.25, 0.3) is 0 Å². The van der Waals surface area contributed by atoms with Crippen molar-refractivity contribution in [2.75, 3.05) is 6.54 Å². The highest BCUT2D eigenvalue weighted by molar-refractivity contribution is 4.96. The Kier molecular flexibility index (Phi) is 7.20. The minimum absolute atomic E-state index is 0.287. The van der Waals surface area contributed by atoms with Gasteiger partial charge in [-0.1, -0.05) is 63.4 Å². The molecule has 1 aromatic rings. The molecule has 1 aromatic heterocycles. The Labute approximate surface area is 129 Å². The molecule has 2 rings (SSSR count). The highest BCUT2D eigenvalue weighted by Crippen LogP contribution is 2.37. The number of aromatic nitrogens is 2. The van der Waals surface area contributed by atoms with E-state index in [9.17, 15) is 0 Å². The lowest BCUT2D eigenvalue weighted by atomic mass is 10.1. The minimum atomic E-state index is 0.287. The summed E-state index contributed by atoms with van der Waals surface area (Å²) in [6.45, 7) is 5.20. The van der Waals surface area contributed by atoms with Gasteiger partial charge in [-0.15, -0.1) is 0 Å². The van der Waals surface area contributed by atoms with Gasteiger partial charge >= 0.3 is 0 Å². The van der Waals surface area contributed by atoms with E-state index in [4.69, 9.17) is 4.52 Å². The second kappa shape index (κ2) is 9.19. The average molecular weight is 293 g/mol. The van der Waals surface area contributed by atoms with Crippen LogP contribution in [0.5, 0.6) is 0 Å². The van der Waals surface area contributed by atoms with Crippen molar-refractivity contribution in [2.24, 2.45) is 5.92 Å². The molecule has 4 heteroatoms. The summed E-state index contributed by atoms with van der Waals surface area (Å²) in [6, 6.07) is 0.287. The van der Waals surface area contributed by atoms with E-state index in [1.54, 1.807) is 0 Å². The lowest BCUT2D eigenvalue weighted by molar-refractivity contribution is 0.368. The zero-order valence-corrected chi connectivity index (χ0v) is 13.7. The first-order valence-corrected chi connectivity index (χ1v) is 8.83. The van der Waals surface area contributed by atoms with E-state index >= 15 is 0 Å². The summed E-state index contributed by atoms with van der Waals surface area (Å²) in [4.78, 5) is 4.40. The molecule has 1 fully saturated rings. The molecule has 0 saturated heterocycles. The third kappa shape index (κ3) is 6.60. The van der Waals surface area contributed by atoms with Gasteiger partial charge in [-0.05, 0) is 25.3 Å². The van der Waals surface area contributed by atoms with Crippen LogP contribution >= 0.6 is 0 Å². The van der Waals surface area contributed by atoms with Crippen molar-refractivity contribution in [2.45, 2.75) is 84.1 Å². The monoisotopic (exact) mass is 293 g/mol. The number of unbranched alkanes of at least 4 members (excludes halogenated alkanes) is 6. The van der Waals surface area contributed by atoms with Crippen molar-refractivity contribution in [1.82, 2.24) is 15.5 Å². The summed E-state index contributed by atoms with van der Waals surface area (Å²) in [5.41, 5.74) is 0. The van der Waals surface area contributed by atoms with Crippen LogP contribution < -0.4 is 5.32 Å². The molecule has 1 saturated carbocycles. The van der Waals surface area contributed by atoms with Crippen LogP contribution in [0.4, 0.5) is 0 Å². The van der Waals surface area contributed by atoms with Gasteiger partial charge in [0.2, 0.25) is 5.89 Å². The average Bonchev–Trinajstić information content (AvgIpc) is 3.20. The van der Waals surface area contributed by atoms with Crippen molar-refractivity contribution >= 4 is 0 Å². The van der Waals surface area contributed by atoms with E-state index in [0.29, 0.717) is 5.89 Å². The Bertz CT molecular complexity index is 387. The standard InChI is InChI=1S/C17H31N3O/c1-3-4-5-6-7-8-9-12-18-16(13-15-10-11-15)17-19-14(2)21-20-17/h15-16,18H,3-13H2,1-2H3/t16-/m0/s1. The van der Waals surface area contributed by atoms with E-state index < -0.39 is 0 Å². The van der Waals surface area contributed by atoms with Gasteiger partial charge in [-0.2, -0.15) is 4.98 Å². The predicted octanol–water partition coefficient (Wildman–Crippen LogP) is 4.56. The largest absolute Gasteiger partial charge is 0.340 e. The summed E-state index contributed by atoms with van der Waals surface area (Å²) in [7, 11) is 0. The SMILES string of the molecule is CCCCCCCCCN[C@@H](CC1CC1)c1noc(C)n1. The van der Waals surface area contributed by atoms with Gasteiger partial charge in [0.05, 0.1) is 6.04 Å². The van der Waals surface area contributed by atoms with Crippen LogP contribution in [0.1, 0.15) is 88.9 Å². The molecule has 120 valence electrons. The molecular weight excluding hydrogens is 262 g/mol. The zero-order valence-electron chi connectivity index (χ0n) is 13.7. The third-order valence-electron chi connectivity index (χ3n) is 4.29. The van der Waals surface area contributed by atoms with Gasteiger partial charge in [0.15, 0.2) is 5.82 Å². The quantitative estimate of drug-likeness (QED) is 0.574. The van der Waals surface area contributed by atoms with E-state index in [1.807, 2.05) is 6.92 Å². The van der Waals surface area contributed by atoms with Gasteiger partial charge in [0, 0.05) is 6.92 Å². The zero-order chi connectivity index (χ0) is 14.9. The van der Waals surface area contributed by atoms with Crippen molar-refractivity contribution in [1.29, 1.82) is 0 Å². The Balaban J connectivity index is 1.61. The fourth-order valence-corrected chi connectivity index (χ4v) is 2.78. The van der Waals surface area contributed by atoms with Crippen molar-refractivity contribution in [3.63, 3.8) is 0 Å². The molecule has 1 aliphatic rings. The van der Waals surface area contributed by atoms with Gasteiger partial charge in [0.1, 0.15) is 0 Å². The molecule has 0 radical (unpaired) electrons. The number of hydrogen-bond acceptors (Lipinski definition) is 4. The molecule has 1 heterocycles. The Morgan fingerprint density at radius 3 is 2.48 bits per heavy atom. The number of aryl methyl sites for hydroxylation is 1. The maximum Gasteiger partial charge on any atom is 0.223 e. The molecule has 4 nitrogen and oxygen atoms in total. The fraction of sp³-hybridized carbons (Fsp3) is 0.882. The van der Waals surface area contributed by atoms with Crippen LogP contribution in [0, 0.1) is 12.8 Å². The number of hydrogen-bond donors (Lipinski definition) is 1. The first-order valence-electron chi connectivity index (χ1n) is 8.83. The maximum atomic E-state index is 5.13. The van der Waals surface area contributed by atoms with Crippen molar-refractivity contribution in [3.05, 3.63) is 11.7 Å². The number of nitrogens with one attached hydrogen (secondary N) is 1. The summed E-state index contributed by atoms with van der Waals surface area (Å²) in [5.74, 6) is 2.39. The Morgan fingerprint density at radius 1 is 1.14 bits per heavy atom. The molecule has 0 unspecified atom stereocenters. The Hall–Kier alpha value is -0.900. The van der Waals surface area contributed by atoms with Gasteiger partial charge in [-0.3, -0.25) is 0 Å². The molecule has 0 aromatic carbocycles. The van der Waals surface area contributed by atoms with Crippen LogP contribution in [0.2, 0.25) is 0 Å². The fourth-order valence-electron chi connectivity index (χ4n) is 2.78. The van der Waals surface area contributed by atoms with Crippen LogP contribution in [0.25, 0.3) is 0 Å². The van der Waals surface area contributed by atoms with Crippen LogP contribution in [-0.4, -0.2) is 16.7 Å². The lowest BCUT2D eigenvalue weighted by Crippen LogP contribution is -2.24. The predicted molar refractivity (Wildman–Crippen MR) is 85.1 cm³/mol. The van der Waals surface area contributed by atoms with Gasteiger partial charge in [-0.25, -0.2) is 0 Å². The van der Waals surface area contributed by atoms with Crippen LogP contribution in [0.3, 0.4) is 0 Å². The highest BCUT2D eigenvalue weighted by atomic mass is 16.5. The van der Waals surface area contributed by atoms with Crippen molar-refractivity contribution in [3.8, 4) is 0 Å². The summed E-state index contributed by atoms with van der Waals surface area (Å²) in [6.07, 6.45) is 13.4. The third-order valence-corrected chi connectivity index (χ3v) is 4.29. The topological polar surface area (TPSA) is 51.0 Å². The first kappa shape index (κ1) is 16.5. The van der Waals surface area contributed by atoms with E-state index in [-0.39, 0.29) is 6.04 Å². The molecular formula is C17H31N3O. The van der Waals surface area contributed by atoms with Crippen LogP contribution in [0.15, 0.2) is 4.52 Å². The van der Waals surface area contributed by atoms with Crippen molar-refractivity contribution < 1.29 is 4.52 Å². The summed E-state index contributed by atoms with van der Waals surface area (Å²) < 4.78 is 5.13. The second-order valence-corrected chi connectivity index (χ2v) is 6.48. The molecule has 0 bridgehead atoms. The number of rotatable bonds is 12. The smallest absolute Gasteiger partial charge is 0.223 e. The normalized spacial score (nSPS) is 16.3. The Morgan fingerprint density at radius 2 is 1.86 bits per heavy atom. The maximum absolute atomic E-state index is 5.13. The van der Waals surface area contributed by atoms with Crippen LogP contribution in [-0.2, 0) is 0 Å². The first-order chi connectivity index (χ1) is 10.3. The second-order valence-electron chi connectivity index (χ2n) is 6.48. The summed E-state index contributed by atoms with van der Waals surface area (Å²) in [5, 5.41) is 7.73. The molecule has 1 aliphatic carbocycles. The summed E-state index contributed by atoms with van der Waals surface area (Å²) >= 11 is 0. The molecule has 1 N–H and O–H groups in total. The van der Waals surface area contributed by atoms with E-state index in [1.165, 1.54) is 57.8 Å². The molecule has 0 spiro atoms. The molecule has 0 aliphatic heterocycles. The van der Waals surface area contributed by atoms with E-state index in [2.05, 4.69) is 22.4 Å². The highest BCUT2D eigenvalue weighted by Gasteiger charge is 2.28. The molecule has 0 amide bonds. The van der Waals surface area contributed by atoms with E-state index in [0.717, 1.165) is 24.7 Å². The lowest BCUT2D eigenvalue weighted by Gasteiger charge is -2.14. The number of nitrogens with zero attached hydrogens (tertiary/aromatic N) is 2. The molecule has 21 heavy (non-hydrogen) atoms. The minimum Gasteiger partial charge on any atom is -0.340 e. The molecule has 1 atom stereocenters. The van der Waals surface area contributed by atoms with Gasteiger partial charge < -0.3 is 9.84 Å².